The number of amides is 2. The van der Waals surface area contributed by atoms with E-state index in [1.165, 1.54) is 0 Å². The maximum Gasteiger partial charge on any atom is 0.245 e. The highest BCUT2D eigenvalue weighted by molar-refractivity contribution is 7.89. The molecule has 0 spiro atoms. The van der Waals surface area contributed by atoms with Gasteiger partial charge in [0.2, 0.25) is 21.8 Å². The summed E-state index contributed by atoms with van der Waals surface area (Å²) in [5.74, 6) is 0.129. The fourth-order valence-corrected chi connectivity index (χ4v) is 6.05. The second-order valence-corrected chi connectivity index (χ2v) is 12.1. The third-order valence-corrected chi connectivity index (χ3v) is 8.70. The van der Waals surface area contributed by atoms with E-state index >= 15 is 0 Å². The molecule has 1 aliphatic carbocycles. The first-order chi connectivity index (χ1) is 16.2. The second-order valence-electron chi connectivity index (χ2n) is 10.4. The van der Waals surface area contributed by atoms with Gasteiger partial charge in [0, 0.05) is 25.6 Å². The largest absolute Gasteiger partial charge is 0.344 e. The van der Waals surface area contributed by atoms with Crippen LogP contribution in [0, 0.1) is 24.7 Å². The highest BCUT2D eigenvalue weighted by atomic mass is 32.2. The molecule has 1 saturated heterocycles. The Morgan fingerprint density at radius 1 is 0.971 bits per heavy atom. The van der Waals surface area contributed by atoms with Crippen LogP contribution in [0.4, 0.5) is 0 Å². The van der Waals surface area contributed by atoms with Crippen LogP contribution < -0.4 is 10.0 Å². The molecule has 8 heteroatoms. The number of aryl methyl sites for hydroxylation is 1. The summed E-state index contributed by atoms with van der Waals surface area (Å²) in [4.78, 5) is 28.3. The van der Waals surface area contributed by atoms with Crippen LogP contribution in [-0.4, -0.2) is 50.8 Å². The molecule has 0 radical (unpaired) electrons. The third-order valence-electron chi connectivity index (χ3n) is 7.26. The first-order valence-electron chi connectivity index (χ1n) is 12.8. The predicted molar refractivity (Wildman–Crippen MR) is 134 cm³/mol. The molecule has 1 heterocycles. The molecule has 3 rings (SSSR count). The molecule has 2 N–H and O–H groups in total. The van der Waals surface area contributed by atoms with Gasteiger partial charge in [0.15, 0.2) is 0 Å². The predicted octanol–water partition coefficient (Wildman–Crippen LogP) is 3.62. The number of carbonyl (C=O) groups excluding carboxylic acids is 2. The lowest BCUT2D eigenvalue weighted by Gasteiger charge is -2.32. The van der Waals surface area contributed by atoms with Crippen molar-refractivity contribution in [3.8, 4) is 0 Å². The van der Waals surface area contributed by atoms with Crippen molar-refractivity contribution in [2.75, 3.05) is 19.6 Å². The number of benzene rings is 1. The summed E-state index contributed by atoms with van der Waals surface area (Å²) in [6.45, 7) is 7.83. The molecule has 1 aromatic rings. The first-order valence-corrected chi connectivity index (χ1v) is 14.3. The summed E-state index contributed by atoms with van der Waals surface area (Å²) in [5, 5.41) is 3.06. The van der Waals surface area contributed by atoms with Gasteiger partial charge in [-0.15, -0.1) is 0 Å². The Morgan fingerprint density at radius 2 is 1.56 bits per heavy atom. The fourth-order valence-electron chi connectivity index (χ4n) is 4.93. The highest BCUT2D eigenvalue weighted by Gasteiger charge is 2.33. The zero-order valence-electron chi connectivity index (χ0n) is 20.9. The Morgan fingerprint density at radius 3 is 2.12 bits per heavy atom. The molecule has 0 bridgehead atoms. The number of hydrogen-bond donors (Lipinski definition) is 2. The molecular weight excluding hydrogens is 450 g/mol. The molecule has 2 amide bonds. The average molecular weight is 492 g/mol. The summed E-state index contributed by atoms with van der Waals surface area (Å²) in [7, 11) is -3.53. The molecule has 190 valence electrons. The molecule has 1 saturated carbocycles. The average Bonchev–Trinajstić information content (AvgIpc) is 3.11. The van der Waals surface area contributed by atoms with E-state index in [2.05, 4.69) is 10.0 Å². The topological polar surface area (TPSA) is 95.6 Å². The van der Waals surface area contributed by atoms with E-state index in [4.69, 9.17) is 0 Å². The van der Waals surface area contributed by atoms with Crippen molar-refractivity contribution < 1.29 is 18.0 Å². The smallest absolute Gasteiger partial charge is 0.245 e. The zero-order valence-corrected chi connectivity index (χ0v) is 21.7. The van der Waals surface area contributed by atoms with E-state index in [0.717, 1.165) is 57.2 Å². The molecule has 2 aliphatic rings. The van der Waals surface area contributed by atoms with Gasteiger partial charge in [0.1, 0.15) is 6.04 Å². The van der Waals surface area contributed by atoms with Gasteiger partial charge in [-0.1, -0.05) is 44.4 Å². The van der Waals surface area contributed by atoms with E-state index < -0.39 is 16.1 Å². The lowest BCUT2D eigenvalue weighted by molar-refractivity contribution is -0.139. The van der Waals surface area contributed by atoms with Crippen molar-refractivity contribution in [3.05, 3.63) is 29.8 Å². The zero-order chi connectivity index (χ0) is 24.7. The number of nitrogens with zero attached hydrogens (tertiary/aromatic N) is 1. The molecule has 34 heavy (non-hydrogen) atoms. The Kier molecular flexibility index (Phi) is 9.54. The van der Waals surface area contributed by atoms with Gasteiger partial charge in [-0.3, -0.25) is 9.59 Å². The van der Waals surface area contributed by atoms with Crippen molar-refractivity contribution in [2.24, 2.45) is 17.8 Å². The summed E-state index contributed by atoms with van der Waals surface area (Å²) < 4.78 is 27.8. The van der Waals surface area contributed by atoms with Gasteiger partial charge in [-0.25, -0.2) is 13.1 Å². The fraction of sp³-hybridized carbons (Fsp3) is 0.692. The normalized spacial score (nSPS) is 22.8. The van der Waals surface area contributed by atoms with E-state index in [9.17, 15) is 18.0 Å². The van der Waals surface area contributed by atoms with Crippen molar-refractivity contribution in [3.63, 3.8) is 0 Å². The standard InChI is InChI=1S/C26H41N3O4S/c1-19(2)24(26(31)29-16-6-4-5-7-17-29)28-25(30)22-12-10-21(11-13-22)18-27-34(32,33)23-14-8-20(3)9-15-23/h8-9,14-15,19,21-22,24,27H,4-7,10-13,16-18H2,1-3H3,(H,28,30)/t21?,22?,24-/m1/s1. The number of sulfonamides is 1. The van der Waals surface area contributed by atoms with Crippen LogP contribution in [0.2, 0.25) is 0 Å². The van der Waals surface area contributed by atoms with Crippen LogP contribution in [0.1, 0.15) is 70.8 Å². The molecule has 1 atom stereocenters. The summed E-state index contributed by atoms with van der Waals surface area (Å²) >= 11 is 0. The van der Waals surface area contributed by atoms with Gasteiger partial charge in [-0.2, -0.15) is 0 Å². The molecule has 1 aliphatic heterocycles. The maximum atomic E-state index is 13.1. The van der Waals surface area contributed by atoms with Gasteiger partial charge in [0.05, 0.1) is 4.90 Å². The summed E-state index contributed by atoms with van der Waals surface area (Å²) in [5.41, 5.74) is 1.02. The van der Waals surface area contributed by atoms with Crippen molar-refractivity contribution in [1.29, 1.82) is 0 Å². The minimum absolute atomic E-state index is 0.0345. The molecular formula is C26H41N3O4S. The van der Waals surface area contributed by atoms with E-state index in [-0.39, 0.29) is 34.5 Å². The lowest BCUT2D eigenvalue weighted by Crippen LogP contribution is -2.53. The first kappa shape index (κ1) is 26.7. The molecule has 2 fully saturated rings. The molecule has 1 aromatic carbocycles. The van der Waals surface area contributed by atoms with Crippen LogP contribution in [0.5, 0.6) is 0 Å². The number of carbonyl (C=O) groups is 2. The summed E-state index contributed by atoms with van der Waals surface area (Å²) in [6.07, 6.45) is 7.39. The van der Waals surface area contributed by atoms with Crippen LogP contribution >= 0.6 is 0 Å². The third kappa shape index (κ3) is 7.28. The van der Waals surface area contributed by atoms with Gasteiger partial charge in [0.25, 0.3) is 0 Å². The number of likely N-dealkylation sites (tertiary alicyclic amines) is 1. The molecule has 7 nitrogen and oxygen atoms in total. The SMILES string of the molecule is Cc1ccc(S(=O)(=O)NCC2CCC(C(=O)N[C@@H](C(=O)N3CCCCCC3)C(C)C)CC2)cc1. The molecule has 0 aromatic heterocycles. The quantitative estimate of drug-likeness (QED) is 0.581. The Bertz CT molecular complexity index is 914. The Balaban J connectivity index is 1.48. The van der Waals surface area contributed by atoms with Gasteiger partial charge in [-0.05, 0) is 69.4 Å². The van der Waals surface area contributed by atoms with Crippen molar-refractivity contribution in [2.45, 2.75) is 83.1 Å². The Hall–Kier alpha value is -1.93. The maximum absolute atomic E-state index is 13.1. The minimum atomic E-state index is -3.53. The van der Waals surface area contributed by atoms with Gasteiger partial charge < -0.3 is 10.2 Å². The van der Waals surface area contributed by atoms with Crippen molar-refractivity contribution in [1.82, 2.24) is 14.9 Å². The Labute approximate surface area is 205 Å². The van der Waals surface area contributed by atoms with E-state index in [1.807, 2.05) is 25.7 Å². The van der Waals surface area contributed by atoms with Crippen LogP contribution in [0.15, 0.2) is 29.2 Å². The lowest BCUT2D eigenvalue weighted by atomic mass is 9.81. The number of hydrogen-bond acceptors (Lipinski definition) is 4. The van der Waals surface area contributed by atoms with Crippen LogP contribution in [-0.2, 0) is 19.6 Å². The van der Waals surface area contributed by atoms with Crippen molar-refractivity contribution >= 4 is 21.8 Å². The van der Waals surface area contributed by atoms with Gasteiger partial charge >= 0.3 is 0 Å². The number of nitrogens with one attached hydrogen (secondary N) is 2. The van der Waals surface area contributed by atoms with Crippen LogP contribution in [0.3, 0.4) is 0 Å². The van der Waals surface area contributed by atoms with E-state index in [0.29, 0.717) is 19.4 Å². The number of rotatable bonds is 8. The minimum Gasteiger partial charge on any atom is -0.344 e. The monoisotopic (exact) mass is 491 g/mol. The van der Waals surface area contributed by atoms with E-state index in [1.54, 1.807) is 24.3 Å². The molecule has 0 unspecified atom stereocenters. The second kappa shape index (κ2) is 12.2. The van der Waals surface area contributed by atoms with Crippen LogP contribution in [0.25, 0.3) is 0 Å². The highest BCUT2D eigenvalue weighted by Crippen LogP contribution is 2.29. The summed E-state index contributed by atoms with van der Waals surface area (Å²) in [6, 6.07) is 6.35.